The molecular weight excluding hydrogens is 310 g/mol. The summed E-state index contributed by atoms with van der Waals surface area (Å²) in [6, 6.07) is 17.7. The smallest absolute Gasteiger partial charge is 0.337 e. The molecular formula is C22H23NO2. The number of anilines is 1. The van der Waals surface area contributed by atoms with Crippen molar-refractivity contribution < 1.29 is 9.53 Å². The van der Waals surface area contributed by atoms with Gasteiger partial charge in [0, 0.05) is 18.8 Å². The van der Waals surface area contributed by atoms with Crippen LogP contribution in [0.3, 0.4) is 0 Å². The van der Waals surface area contributed by atoms with E-state index in [-0.39, 0.29) is 5.97 Å². The summed E-state index contributed by atoms with van der Waals surface area (Å²) in [5.41, 5.74) is 3.84. The molecule has 25 heavy (non-hydrogen) atoms. The molecule has 0 aromatic heterocycles. The van der Waals surface area contributed by atoms with Crippen molar-refractivity contribution in [3.05, 3.63) is 103 Å². The maximum atomic E-state index is 11.6. The Balaban J connectivity index is 2.29. The van der Waals surface area contributed by atoms with Gasteiger partial charge in [-0.25, -0.2) is 4.79 Å². The van der Waals surface area contributed by atoms with Crippen LogP contribution in [0.5, 0.6) is 0 Å². The van der Waals surface area contributed by atoms with Gasteiger partial charge in [-0.2, -0.15) is 0 Å². The van der Waals surface area contributed by atoms with Crippen molar-refractivity contribution in [2.75, 3.05) is 18.6 Å². The average molecular weight is 333 g/mol. The number of hydrogen-bond acceptors (Lipinski definition) is 3. The first-order valence-corrected chi connectivity index (χ1v) is 8.09. The van der Waals surface area contributed by atoms with E-state index in [2.05, 4.69) is 30.2 Å². The number of methoxy groups -OCH3 is 1. The van der Waals surface area contributed by atoms with Gasteiger partial charge in [0.05, 0.1) is 12.7 Å². The zero-order valence-electron chi connectivity index (χ0n) is 14.5. The first-order chi connectivity index (χ1) is 12.2. The molecule has 0 N–H and O–H groups in total. The Labute approximate surface area is 149 Å². The fraction of sp³-hybridized carbons (Fsp3) is 0.136. The van der Waals surface area contributed by atoms with Crippen molar-refractivity contribution >= 4 is 11.7 Å². The summed E-state index contributed by atoms with van der Waals surface area (Å²) < 4.78 is 4.76. The second-order valence-corrected chi connectivity index (χ2v) is 5.56. The largest absolute Gasteiger partial charge is 0.465 e. The summed E-state index contributed by atoms with van der Waals surface area (Å²) in [5, 5.41) is 0. The van der Waals surface area contributed by atoms with Crippen LogP contribution in [0.4, 0.5) is 5.69 Å². The Morgan fingerprint density at radius 2 is 1.76 bits per heavy atom. The van der Waals surface area contributed by atoms with Gasteiger partial charge in [-0.05, 0) is 35.4 Å². The molecule has 0 bridgehead atoms. The summed E-state index contributed by atoms with van der Waals surface area (Å²) in [6.07, 6.45) is 5.55. The van der Waals surface area contributed by atoms with Crippen LogP contribution in [0.15, 0.2) is 91.6 Å². The molecule has 2 aromatic rings. The minimum atomic E-state index is -0.334. The van der Waals surface area contributed by atoms with E-state index < -0.39 is 0 Å². The minimum Gasteiger partial charge on any atom is -0.465 e. The predicted octanol–water partition coefficient (Wildman–Crippen LogP) is 4.78. The van der Waals surface area contributed by atoms with Gasteiger partial charge in [0.1, 0.15) is 0 Å². The lowest BCUT2D eigenvalue weighted by Gasteiger charge is -2.26. The Bertz CT molecular complexity index is 745. The van der Waals surface area contributed by atoms with Gasteiger partial charge < -0.3 is 9.64 Å². The lowest BCUT2D eigenvalue weighted by atomic mass is 10.1. The molecule has 0 spiro atoms. The number of allylic oxidation sites excluding steroid dienone is 2. The van der Waals surface area contributed by atoms with Crippen molar-refractivity contribution in [2.24, 2.45) is 0 Å². The zero-order chi connectivity index (χ0) is 18.1. The van der Waals surface area contributed by atoms with Gasteiger partial charge in [-0.3, -0.25) is 0 Å². The number of nitrogens with zero attached hydrogens (tertiary/aromatic N) is 1. The molecule has 0 amide bonds. The lowest BCUT2D eigenvalue weighted by molar-refractivity contribution is 0.0601. The van der Waals surface area contributed by atoms with Crippen LogP contribution in [0.1, 0.15) is 15.9 Å². The van der Waals surface area contributed by atoms with Crippen molar-refractivity contribution in [2.45, 2.75) is 6.54 Å². The van der Waals surface area contributed by atoms with Crippen LogP contribution < -0.4 is 4.90 Å². The summed E-state index contributed by atoms with van der Waals surface area (Å²) in [5.74, 6) is -0.334. The van der Waals surface area contributed by atoms with Crippen LogP contribution >= 0.6 is 0 Å². The molecule has 0 atom stereocenters. The van der Waals surface area contributed by atoms with Gasteiger partial charge in [0.2, 0.25) is 0 Å². The molecule has 0 saturated heterocycles. The Morgan fingerprint density at radius 3 is 2.32 bits per heavy atom. The third-order valence-corrected chi connectivity index (χ3v) is 3.84. The van der Waals surface area contributed by atoms with E-state index in [0.29, 0.717) is 12.1 Å². The third kappa shape index (κ3) is 5.21. The van der Waals surface area contributed by atoms with Crippen LogP contribution in [-0.2, 0) is 11.3 Å². The van der Waals surface area contributed by atoms with Gasteiger partial charge in [0.15, 0.2) is 0 Å². The number of hydrogen-bond donors (Lipinski definition) is 0. The standard InChI is InChI=1S/C22H23NO2/c1-4-9-18(5-2)16-23(17-19-10-7-6-8-11-19)21-14-12-20(13-15-21)22(24)25-3/h4-15H,1-2,16-17H2,3H3/b18-9+. The fourth-order valence-corrected chi connectivity index (χ4v) is 2.53. The van der Waals surface area contributed by atoms with Crippen molar-refractivity contribution in [1.82, 2.24) is 0 Å². The van der Waals surface area contributed by atoms with E-state index in [4.69, 9.17) is 4.74 Å². The maximum absolute atomic E-state index is 11.6. The summed E-state index contributed by atoms with van der Waals surface area (Å²) >= 11 is 0. The molecule has 0 radical (unpaired) electrons. The highest BCUT2D eigenvalue weighted by molar-refractivity contribution is 5.89. The van der Waals surface area contributed by atoms with Crippen molar-refractivity contribution in [3.63, 3.8) is 0 Å². The monoisotopic (exact) mass is 333 g/mol. The molecule has 0 aliphatic carbocycles. The molecule has 0 aliphatic rings. The summed E-state index contributed by atoms with van der Waals surface area (Å²) in [4.78, 5) is 13.9. The van der Waals surface area contributed by atoms with E-state index in [1.807, 2.05) is 42.5 Å². The molecule has 0 saturated carbocycles. The van der Waals surface area contributed by atoms with E-state index in [0.717, 1.165) is 17.8 Å². The summed E-state index contributed by atoms with van der Waals surface area (Å²) in [6.45, 7) is 9.08. The lowest BCUT2D eigenvalue weighted by Crippen LogP contribution is -2.25. The topological polar surface area (TPSA) is 29.5 Å². The predicted molar refractivity (Wildman–Crippen MR) is 104 cm³/mol. The molecule has 128 valence electrons. The maximum Gasteiger partial charge on any atom is 0.337 e. The molecule has 3 nitrogen and oxygen atoms in total. The third-order valence-electron chi connectivity index (χ3n) is 3.84. The molecule has 2 rings (SSSR count). The van der Waals surface area contributed by atoms with Gasteiger partial charge >= 0.3 is 5.97 Å². The van der Waals surface area contributed by atoms with Crippen LogP contribution in [-0.4, -0.2) is 19.6 Å². The first kappa shape index (κ1) is 18.3. The zero-order valence-corrected chi connectivity index (χ0v) is 14.5. The highest BCUT2D eigenvalue weighted by atomic mass is 16.5. The number of carbonyl (C=O) groups is 1. The quantitative estimate of drug-likeness (QED) is 0.514. The summed E-state index contributed by atoms with van der Waals surface area (Å²) in [7, 11) is 1.38. The number of esters is 1. The SMILES string of the molecule is C=C/C=C(\C=C)CN(Cc1ccccc1)c1ccc(C(=O)OC)cc1. The number of benzene rings is 2. The van der Waals surface area contributed by atoms with Gasteiger partial charge in [0.25, 0.3) is 0 Å². The fourth-order valence-electron chi connectivity index (χ4n) is 2.53. The number of ether oxygens (including phenoxy) is 1. The average Bonchev–Trinajstić information content (AvgIpc) is 2.67. The van der Waals surface area contributed by atoms with Crippen molar-refractivity contribution in [1.29, 1.82) is 0 Å². The van der Waals surface area contributed by atoms with Gasteiger partial charge in [-0.15, -0.1) is 0 Å². The van der Waals surface area contributed by atoms with E-state index in [1.165, 1.54) is 12.7 Å². The second-order valence-electron chi connectivity index (χ2n) is 5.56. The first-order valence-electron chi connectivity index (χ1n) is 8.09. The van der Waals surface area contributed by atoms with Crippen molar-refractivity contribution in [3.8, 4) is 0 Å². The molecule has 0 fully saturated rings. The molecule has 0 unspecified atom stereocenters. The molecule has 0 aliphatic heterocycles. The second kappa shape index (κ2) is 9.28. The van der Waals surface area contributed by atoms with E-state index in [9.17, 15) is 4.79 Å². The normalized spacial score (nSPS) is 10.8. The Kier molecular flexibility index (Phi) is 6.78. The Hall–Kier alpha value is -3.07. The van der Waals surface area contributed by atoms with Gasteiger partial charge in [-0.1, -0.05) is 61.7 Å². The minimum absolute atomic E-state index is 0.334. The highest BCUT2D eigenvalue weighted by Gasteiger charge is 2.11. The van der Waals surface area contributed by atoms with E-state index >= 15 is 0 Å². The molecule has 0 heterocycles. The van der Waals surface area contributed by atoms with E-state index in [1.54, 1.807) is 18.2 Å². The number of rotatable bonds is 8. The molecule has 3 heteroatoms. The number of carbonyl (C=O) groups excluding carboxylic acids is 1. The van der Waals surface area contributed by atoms with Crippen LogP contribution in [0.25, 0.3) is 0 Å². The Morgan fingerprint density at radius 1 is 1.08 bits per heavy atom. The van der Waals surface area contributed by atoms with Crippen LogP contribution in [0, 0.1) is 0 Å². The van der Waals surface area contributed by atoms with Crippen LogP contribution in [0.2, 0.25) is 0 Å². The molecule has 2 aromatic carbocycles. The highest BCUT2D eigenvalue weighted by Crippen LogP contribution is 2.20.